The number of carbonyl (C=O) groups excluding carboxylic acids is 1. The van der Waals surface area contributed by atoms with Crippen LogP contribution < -0.4 is 5.32 Å². The van der Waals surface area contributed by atoms with E-state index in [2.05, 4.69) is 10.2 Å². The van der Waals surface area contributed by atoms with Crippen LogP contribution in [0.2, 0.25) is 0 Å². The molecule has 20 heavy (non-hydrogen) atoms. The monoisotopic (exact) mass is 276 g/mol. The van der Waals surface area contributed by atoms with Crippen LogP contribution in [0.3, 0.4) is 0 Å². The average molecular weight is 276 g/mol. The van der Waals surface area contributed by atoms with Crippen molar-refractivity contribution in [3.05, 3.63) is 0 Å². The van der Waals surface area contributed by atoms with Gasteiger partial charge in [0.1, 0.15) is 0 Å². The normalized spacial score (nSPS) is 43.6. The highest BCUT2D eigenvalue weighted by Gasteiger charge is 2.38. The van der Waals surface area contributed by atoms with Gasteiger partial charge in [0.25, 0.3) is 0 Å². The van der Waals surface area contributed by atoms with E-state index in [1.807, 2.05) is 0 Å². The van der Waals surface area contributed by atoms with Crippen molar-refractivity contribution in [3.63, 3.8) is 0 Å². The third-order valence-corrected chi connectivity index (χ3v) is 6.36. The molecule has 2 bridgehead atoms. The van der Waals surface area contributed by atoms with Gasteiger partial charge in [0.15, 0.2) is 0 Å². The van der Waals surface area contributed by atoms with Gasteiger partial charge in [-0.1, -0.05) is 12.8 Å². The van der Waals surface area contributed by atoms with Gasteiger partial charge in [-0.25, -0.2) is 0 Å². The minimum Gasteiger partial charge on any atom is -0.342 e. The fraction of sp³-hybridized carbons (Fsp3) is 0.941. The van der Waals surface area contributed by atoms with Crippen molar-refractivity contribution in [3.8, 4) is 0 Å². The molecule has 4 rings (SSSR count). The summed E-state index contributed by atoms with van der Waals surface area (Å²) in [4.78, 5) is 14.8. The summed E-state index contributed by atoms with van der Waals surface area (Å²) in [5.74, 6) is 2.78. The van der Waals surface area contributed by atoms with Gasteiger partial charge >= 0.3 is 0 Å². The average Bonchev–Trinajstić information content (AvgIpc) is 3.02. The van der Waals surface area contributed by atoms with Crippen molar-refractivity contribution in [1.82, 2.24) is 10.2 Å². The highest BCUT2D eigenvalue weighted by molar-refractivity contribution is 5.76. The van der Waals surface area contributed by atoms with Crippen molar-refractivity contribution in [2.45, 2.75) is 69.9 Å². The van der Waals surface area contributed by atoms with Crippen molar-refractivity contribution in [2.75, 3.05) is 13.1 Å². The molecule has 0 aromatic carbocycles. The third kappa shape index (κ3) is 2.49. The first kappa shape index (κ1) is 13.1. The number of likely N-dealkylation sites (tertiary alicyclic amines) is 1. The highest BCUT2D eigenvalue weighted by atomic mass is 16.2. The predicted molar refractivity (Wildman–Crippen MR) is 79.3 cm³/mol. The summed E-state index contributed by atoms with van der Waals surface area (Å²) in [7, 11) is 0. The fourth-order valence-electron chi connectivity index (χ4n) is 5.33. The van der Waals surface area contributed by atoms with E-state index in [4.69, 9.17) is 0 Å². The Morgan fingerprint density at radius 3 is 2.15 bits per heavy atom. The minimum absolute atomic E-state index is 0.464. The lowest BCUT2D eigenvalue weighted by Crippen LogP contribution is -2.40. The second kappa shape index (κ2) is 5.32. The Bertz CT molecular complexity index is 357. The summed E-state index contributed by atoms with van der Waals surface area (Å²) >= 11 is 0. The molecule has 1 N–H and O–H groups in total. The number of amides is 1. The molecule has 4 fully saturated rings. The van der Waals surface area contributed by atoms with Crippen LogP contribution in [0.25, 0.3) is 0 Å². The molecule has 3 nitrogen and oxygen atoms in total. The molecule has 4 unspecified atom stereocenters. The molecule has 3 heterocycles. The van der Waals surface area contributed by atoms with Gasteiger partial charge in [-0.05, 0) is 56.3 Å². The van der Waals surface area contributed by atoms with Crippen LogP contribution in [0, 0.1) is 17.8 Å². The molecule has 0 aromatic rings. The van der Waals surface area contributed by atoms with Crippen molar-refractivity contribution in [2.24, 2.45) is 17.8 Å². The van der Waals surface area contributed by atoms with Gasteiger partial charge in [0.05, 0.1) is 0 Å². The number of nitrogens with one attached hydrogen (secondary N) is 1. The molecular weight excluding hydrogens is 248 g/mol. The first-order valence-electron chi connectivity index (χ1n) is 8.82. The van der Waals surface area contributed by atoms with Gasteiger partial charge < -0.3 is 10.2 Å². The van der Waals surface area contributed by atoms with Gasteiger partial charge in [0.2, 0.25) is 5.91 Å². The van der Waals surface area contributed by atoms with E-state index in [9.17, 15) is 4.79 Å². The van der Waals surface area contributed by atoms with E-state index >= 15 is 0 Å². The molecule has 3 saturated heterocycles. The van der Waals surface area contributed by atoms with Crippen molar-refractivity contribution < 1.29 is 4.79 Å². The second-order valence-corrected chi connectivity index (χ2v) is 7.78. The molecule has 1 saturated carbocycles. The first-order chi connectivity index (χ1) is 9.78. The Morgan fingerprint density at radius 2 is 1.55 bits per heavy atom. The second-order valence-electron chi connectivity index (χ2n) is 7.78. The van der Waals surface area contributed by atoms with Crippen molar-refractivity contribution >= 4 is 5.91 Å². The number of hydrogen-bond acceptors (Lipinski definition) is 2. The van der Waals surface area contributed by atoms with E-state index in [0.29, 0.717) is 23.9 Å². The lowest BCUT2D eigenvalue weighted by atomic mass is 9.82. The first-order valence-corrected chi connectivity index (χ1v) is 8.82. The number of rotatable bonds is 2. The van der Waals surface area contributed by atoms with E-state index < -0.39 is 0 Å². The maximum atomic E-state index is 12.6. The number of piperidine rings is 1. The SMILES string of the molecule is O=C(CC1CC2CCC(C1)N2)N1CC2CCCCC2C1. The van der Waals surface area contributed by atoms with E-state index in [0.717, 1.165) is 31.3 Å². The quantitative estimate of drug-likeness (QED) is 0.840. The molecule has 112 valence electrons. The van der Waals surface area contributed by atoms with Gasteiger partial charge in [-0.15, -0.1) is 0 Å². The molecular formula is C17H28N2O. The molecule has 0 aromatic heterocycles. The van der Waals surface area contributed by atoms with Crippen LogP contribution in [-0.2, 0) is 4.79 Å². The number of nitrogens with zero attached hydrogens (tertiary/aromatic N) is 1. The number of hydrogen-bond donors (Lipinski definition) is 1. The van der Waals surface area contributed by atoms with Crippen LogP contribution in [0.1, 0.15) is 57.8 Å². The smallest absolute Gasteiger partial charge is 0.222 e. The van der Waals surface area contributed by atoms with Gasteiger partial charge in [0, 0.05) is 31.6 Å². The molecule has 1 amide bonds. The van der Waals surface area contributed by atoms with Gasteiger partial charge in [-0.2, -0.15) is 0 Å². The van der Waals surface area contributed by atoms with Gasteiger partial charge in [-0.3, -0.25) is 4.79 Å². The van der Waals surface area contributed by atoms with Crippen LogP contribution in [0.5, 0.6) is 0 Å². The summed E-state index contributed by atoms with van der Waals surface area (Å²) in [6.45, 7) is 2.14. The van der Waals surface area contributed by atoms with Crippen LogP contribution in [-0.4, -0.2) is 36.0 Å². The fourth-order valence-corrected chi connectivity index (χ4v) is 5.33. The zero-order chi connectivity index (χ0) is 13.5. The zero-order valence-electron chi connectivity index (χ0n) is 12.5. The molecule has 1 aliphatic carbocycles. The maximum Gasteiger partial charge on any atom is 0.222 e. The summed E-state index contributed by atoms with van der Waals surface area (Å²) < 4.78 is 0. The zero-order valence-corrected chi connectivity index (χ0v) is 12.5. The molecule has 3 aliphatic heterocycles. The Kier molecular flexibility index (Phi) is 3.49. The lowest BCUT2D eigenvalue weighted by Gasteiger charge is -2.30. The van der Waals surface area contributed by atoms with Crippen LogP contribution >= 0.6 is 0 Å². The largest absolute Gasteiger partial charge is 0.342 e. The standard InChI is InChI=1S/C17H28N2O/c20-17(9-12-7-15-5-6-16(8-12)18-15)19-10-13-3-1-2-4-14(13)11-19/h12-16,18H,1-11H2. The Labute approximate surface area is 122 Å². The number of fused-ring (bicyclic) bond motifs is 3. The Morgan fingerprint density at radius 1 is 0.950 bits per heavy atom. The third-order valence-electron chi connectivity index (χ3n) is 6.36. The Hall–Kier alpha value is -0.570. The van der Waals surface area contributed by atoms with E-state index in [-0.39, 0.29) is 0 Å². The van der Waals surface area contributed by atoms with Crippen molar-refractivity contribution in [1.29, 1.82) is 0 Å². The van der Waals surface area contributed by atoms with E-state index in [1.54, 1.807) is 0 Å². The Balaban J connectivity index is 1.32. The lowest BCUT2D eigenvalue weighted by molar-refractivity contribution is -0.131. The molecule has 0 spiro atoms. The molecule has 0 radical (unpaired) electrons. The summed E-state index contributed by atoms with van der Waals surface area (Å²) in [5, 5.41) is 3.68. The highest BCUT2D eigenvalue weighted by Crippen LogP contribution is 2.37. The number of carbonyl (C=O) groups is 1. The summed E-state index contributed by atoms with van der Waals surface area (Å²) in [6, 6.07) is 1.43. The van der Waals surface area contributed by atoms with E-state index in [1.165, 1.54) is 51.4 Å². The maximum absolute atomic E-state index is 12.6. The minimum atomic E-state index is 0.464. The topological polar surface area (TPSA) is 32.3 Å². The molecule has 4 atom stereocenters. The van der Waals surface area contributed by atoms with Crippen LogP contribution in [0.4, 0.5) is 0 Å². The summed E-state index contributed by atoms with van der Waals surface area (Å²) in [6.07, 6.45) is 11.5. The predicted octanol–water partition coefficient (Wildman–Crippen LogP) is 2.56. The van der Waals surface area contributed by atoms with Crippen LogP contribution in [0.15, 0.2) is 0 Å². The summed E-state index contributed by atoms with van der Waals surface area (Å²) in [5.41, 5.74) is 0. The molecule has 4 aliphatic rings. The molecule has 3 heteroatoms.